The standard InChI is InChI=1S/C27H27ClN2O5/c1-33-23-10-5-20(6-11-23)26(31)29-13-15-30(16-14-29)27(32)21-7-12-24(25(17-21)34-2)35-18-19-3-8-22(28)9-4-19/h3-12,17H,13-16,18H2,1-2H3. The first-order chi connectivity index (χ1) is 17.0. The van der Waals surface area contributed by atoms with Gasteiger partial charge in [0.15, 0.2) is 11.5 Å². The number of carbonyl (C=O) groups excluding carboxylic acids is 2. The van der Waals surface area contributed by atoms with E-state index < -0.39 is 0 Å². The van der Waals surface area contributed by atoms with Crippen molar-refractivity contribution in [3.63, 3.8) is 0 Å². The molecule has 0 spiro atoms. The van der Waals surface area contributed by atoms with Gasteiger partial charge in [0.1, 0.15) is 12.4 Å². The molecular weight excluding hydrogens is 468 g/mol. The van der Waals surface area contributed by atoms with Crippen LogP contribution in [-0.4, -0.2) is 62.0 Å². The van der Waals surface area contributed by atoms with Crippen LogP contribution in [0.15, 0.2) is 66.7 Å². The molecule has 0 radical (unpaired) electrons. The minimum atomic E-state index is -0.107. The summed E-state index contributed by atoms with van der Waals surface area (Å²) in [6, 6.07) is 19.6. The van der Waals surface area contributed by atoms with Gasteiger partial charge >= 0.3 is 0 Å². The van der Waals surface area contributed by atoms with E-state index in [4.69, 9.17) is 25.8 Å². The second-order valence-corrected chi connectivity index (χ2v) is 8.53. The molecule has 7 nitrogen and oxygen atoms in total. The monoisotopic (exact) mass is 494 g/mol. The average molecular weight is 495 g/mol. The summed E-state index contributed by atoms with van der Waals surface area (Å²) in [5.74, 6) is 1.58. The zero-order valence-corrected chi connectivity index (χ0v) is 20.5. The molecule has 1 aliphatic rings. The molecule has 0 atom stereocenters. The number of piperazine rings is 1. The highest BCUT2D eigenvalue weighted by molar-refractivity contribution is 6.30. The Morgan fingerprint density at radius 2 is 1.31 bits per heavy atom. The molecule has 0 saturated carbocycles. The minimum absolute atomic E-state index is 0.0522. The molecule has 1 aliphatic heterocycles. The van der Waals surface area contributed by atoms with Crippen molar-refractivity contribution in [2.24, 2.45) is 0 Å². The zero-order chi connectivity index (χ0) is 24.8. The van der Waals surface area contributed by atoms with Gasteiger partial charge in [-0.3, -0.25) is 9.59 Å². The fraction of sp³-hybridized carbons (Fsp3) is 0.259. The highest BCUT2D eigenvalue weighted by Gasteiger charge is 2.26. The third kappa shape index (κ3) is 5.87. The second-order valence-electron chi connectivity index (χ2n) is 8.09. The Hall–Kier alpha value is -3.71. The van der Waals surface area contributed by atoms with Gasteiger partial charge in [-0.15, -0.1) is 0 Å². The van der Waals surface area contributed by atoms with E-state index >= 15 is 0 Å². The molecule has 0 N–H and O–H groups in total. The largest absolute Gasteiger partial charge is 0.497 e. The first-order valence-electron chi connectivity index (χ1n) is 11.3. The molecule has 182 valence electrons. The van der Waals surface area contributed by atoms with E-state index in [-0.39, 0.29) is 11.8 Å². The van der Waals surface area contributed by atoms with E-state index in [0.29, 0.717) is 66.2 Å². The number of nitrogens with zero attached hydrogens (tertiary/aromatic N) is 2. The van der Waals surface area contributed by atoms with E-state index in [1.54, 1.807) is 66.5 Å². The highest BCUT2D eigenvalue weighted by Crippen LogP contribution is 2.29. The first kappa shape index (κ1) is 24.4. The summed E-state index contributed by atoms with van der Waals surface area (Å²) in [6.07, 6.45) is 0. The molecule has 0 bridgehead atoms. The van der Waals surface area contributed by atoms with Gasteiger partial charge < -0.3 is 24.0 Å². The Bertz CT molecular complexity index is 1170. The maximum atomic E-state index is 13.1. The van der Waals surface area contributed by atoms with Crippen LogP contribution in [0.25, 0.3) is 0 Å². The molecule has 35 heavy (non-hydrogen) atoms. The van der Waals surface area contributed by atoms with Gasteiger partial charge in [-0.25, -0.2) is 0 Å². The van der Waals surface area contributed by atoms with Crippen LogP contribution in [0.1, 0.15) is 26.3 Å². The van der Waals surface area contributed by atoms with Crippen molar-refractivity contribution in [2.75, 3.05) is 40.4 Å². The van der Waals surface area contributed by atoms with Gasteiger partial charge in [-0.05, 0) is 60.2 Å². The van der Waals surface area contributed by atoms with Crippen LogP contribution in [0.3, 0.4) is 0 Å². The molecule has 3 aromatic rings. The van der Waals surface area contributed by atoms with Crippen LogP contribution < -0.4 is 14.2 Å². The number of carbonyl (C=O) groups is 2. The van der Waals surface area contributed by atoms with Crippen molar-refractivity contribution in [1.29, 1.82) is 0 Å². The Morgan fingerprint density at radius 3 is 1.89 bits per heavy atom. The number of hydrogen-bond acceptors (Lipinski definition) is 5. The third-order valence-electron chi connectivity index (χ3n) is 5.91. The number of hydrogen-bond donors (Lipinski definition) is 0. The van der Waals surface area contributed by atoms with Crippen LogP contribution in [-0.2, 0) is 6.61 Å². The molecule has 8 heteroatoms. The summed E-state index contributed by atoms with van der Waals surface area (Å²) in [5.41, 5.74) is 2.08. The molecule has 4 rings (SSSR count). The molecule has 1 heterocycles. The summed E-state index contributed by atoms with van der Waals surface area (Å²) in [7, 11) is 3.13. The summed E-state index contributed by atoms with van der Waals surface area (Å²) in [4.78, 5) is 29.4. The van der Waals surface area contributed by atoms with Crippen molar-refractivity contribution >= 4 is 23.4 Å². The molecule has 1 fully saturated rings. The lowest BCUT2D eigenvalue weighted by molar-refractivity contribution is 0.0535. The quantitative estimate of drug-likeness (QED) is 0.482. The fourth-order valence-electron chi connectivity index (χ4n) is 3.87. The summed E-state index contributed by atoms with van der Waals surface area (Å²) < 4.78 is 16.5. The number of methoxy groups -OCH3 is 2. The predicted molar refractivity (Wildman–Crippen MR) is 134 cm³/mol. The number of amides is 2. The van der Waals surface area contributed by atoms with Gasteiger partial charge in [0.25, 0.3) is 11.8 Å². The van der Waals surface area contributed by atoms with Crippen molar-refractivity contribution in [3.8, 4) is 17.2 Å². The first-order valence-corrected chi connectivity index (χ1v) is 11.6. The van der Waals surface area contributed by atoms with Gasteiger partial charge in [0, 0.05) is 42.3 Å². The van der Waals surface area contributed by atoms with Gasteiger partial charge in [0.05, 0.1) is 14.2 Å². The lowest BCUT2D eigenvalue weighted by atomic mass is 10.1. The molecule has 0 aromatic heterocycles. The molecular formula is C27H27ClN2O5. The maximum Gasteiger partial charge on any atom is 0.254 e. The van der Waals surface area contributed by atoms with E-state index in [0.717, 1.165) is 5.56 Å². The predicted octanol–water partition coefficient (Wildman–Crippen LogP) is 4.53. The minimum Gasteiger partial charge on any atom is -0.497 e. The SMILES string of the molecule is COc1ccc(C(=O)N2CCN(C(=O)c3ccc(OCc4ccc(Cl)cc4)c(OC)c3)CC2)cc1. The smallest absolute Gasteiger partial charge is 0.254 e. The normalized spacial score (nSPS) is 13.3. The van der Waals surface area contributed by atoms with E-state index in [1.807, 2.05) is 24.3 Å². The number of halogens is 1. The van der Waals surface area contributed by atoms with E-state index in [9.17, 15) is 9.59 Å². The van der Waals surface area contributed by atoms with E-state index in [1.165, 1.54) is 0 Å². The van der Waals surface area contributed by atoms with Crippen LogP contribution in [0.2, 0.25) is 5.02 Å². The van der Waals surface area contributed by atoms with Gasteiger partial charge in [-0.2, -0.15) is 0 Å². The summed E-state index contributed by atoms with van der Waals surface area (Å²) in [5, 5.41) is 0.667. The Morgan fingerprint density at radius 1 is 0.743 bits per heavy atom. The zero-order valence-electron chi connectivity index (χ0n) is 19.7. The van der Waals surface area contributed by atoms with Crippen molar-refractivity contribution in [1.82, 2.24) is 9.80 Å². The van der Waals surface area contributed by atoms with Crippen LogP contribution >= 0.6 is 11.6 Å². The molecule has 0 unspecified atom stereocenters. The number of benzene rings is 3. The molecule has 0 aliphatic carbocycles. The van der Waals surface area contributed by atoms with Crippen LogP contribution in [0.5, 0.6) is 17.2 Å². The lowest BCUT2D eigenvalue weighted by Crippen LogP contribution is -2.50. The molecule has 1 saturated heterocycles. The summed E-state index contributed by atoms with van der Waals surface area (Å²) in [6.45, 7) is 2.20. The van der Waals surface area contributed by atoms with E-state index in [2.05, 4.69) is 0 Å². The van der Waals surface area contributed by atoms with Crippen LogP contribution in [0.4, 0.5) is 0 Å². The second kappa shape index (κ2) is 11.1. The number of ether oxygens (including phenoxy) is 3. The van der Waals surface area contributed by atoms with Gasteiger partial charge in [-0.1, -0.05) is 23.7 Å². The Labute approximate surface area is 209 Å². The van der Waals surface area contributed by atoms with Gasteiger partial charge in [0.2, 0.25) is 0 Å². The molecule has 3 aromatic carbocycles. The van der Waals surface area contributed by atoms with Crippen molar-refractivity contribution < 1.29 is 23.8 Å². The molecule has 2 amide bonds. The third-order valence-corrected chi connectivity index (χ3v) is 6.16. The van der Waals surface area contributed by atoms with Crippen LogP contribution in [0, 0.1) is 0 Å². The fourth-order valence-corrected chi connectivity index (χ4v) is 4.00. The Balaban J connectivity index is 1.35. The Kier molecular flexibility index (Phi) is 7.77. The van der Waals surface area contributed by atoms with Crippen molar-refractivity contribution in [3.05, 3.63) is 88.4 Å². The lowest BCUT2D eigenvalue weighted by Gasteiger charge is -2.35. The summed E-state index contributed by atoms with van der Waals surface area (Å²) >= 11 is 5.93. The van der Waals surface area contributed by atoms with Crippen molar-refractivity contribution in [2.45, 2.75) is 6.61 Å². The topological polar surface area (TPSA) is 68.3 Å². The average Bonchev–Trinajstić information content (AvgIpc) is 2.92. The maximum absolute atomic E-state index is 13.1. The number of rotatable bonds is 7. The highest BCUT2D eigenvalue weighted by atomic mass is 35.5.